The summed E-state index contributed by atoms with van der Waals surface area (Å²) < 4.78 is 0. The summed E-state index contributed by atoms with van der Waals surface area (Å²) in [5, 5.41) is 5.63. The third kappa shape index (κ3) is 3.13. The van der Waals surface area contributed by atoms with E-state index in [0.717, 1.165) is 0 Å². The van der Waals surface area contributed by atoms with Crippen LogP contribution in [0.4, 0.5) is 0 Å². The van der Waals surface area contributed by atoms with Gasteiger partial charge in [0, 0.05) is 0 Å². The fraction of sp³-hybridized carbons (Fsp3) is 0.391. The minimum atomic E-state index is 1.20. The summed E-state index contributed by atoms with van der Waals surface area (Å²) >= 11 is 0. The summed E-state index contributed by atoms with van der Waals surface area (Å²) in [6, 6.07) is 16.0. The molecule has 0 spiro atoms. The summed E-state index contributed by atoms with van der Waals surface area (Å²) in [5.41, 5.74) is 4.83. The van der Waals surface area contributed by atoms with Gasteiger partial charge in [0.25, 0.3) is 0 Å². The SMILES string of the molecule is CCCc1cc2cc3ccccc3cc2c(CCC)c1CCC. The standard InChI is InChI=1S/C23H28/c1-4-9-19-15-20-14-17-12-7-8-13-18(17)16-23(20)22(11-6-3)21(19)10-5-2/h7-8,12-16H,4-6,9-11H2,1-3H3. The van der Waals surface area contributed by atoms with Gasteiger partial charge in [-0.15, -0.1) is 0 Å². The molecule has 0 saturated heterocycles. The Morgan fingerprint density at radius 3 is 1.87 bits per heavy atom. The third-order valence-electron chi connectivity index (χ3n) is 4.84. The molecule has 0 heterocycles. The van der Waals surface area contributed by atoms with Crippen molar-refractivity contribution >= 4 is 21.5 Å². The van der Waals surface area contributed by atoms with Crippen LogP contribution in [0.15, 0.2) is 42.5 Å². The second-order valence-electron chi connectivity index (χ2n) is 6.66. The molecule has 0 aliphatic heterocycles. The lowest BCUT2D eigenvalue weighted by atomic mass is 9.87. The molecule has 0 fully saturated rings. The fourth-order valence-corrected chi connectivity index (χ4v) is 3.86. The van der Waals surface area contributed by atoms with Crippen LogP contribution in [0.3, 0.4) is 0 Å². The van der Waals surface area contributed by atoms with E-state index in [9.17, 15) is 0 Å². The van der Waals surface area contributed by atoms with Crippen LogP contribution in [0.25, 0.3) is 21.5 Å². The quantitative estimate of drug-likeness (QED) is 0.437. The molecule has 0 aliphatic carbocycles. The maximum Gasteiger partial charge on any atom is -0.0143 e. The van der Waals surface area contributed by atoms with Crippen molar-refractivity contribution in [2.24, 2.45) is 0 Å². The highest BCUT2D eigenvalue weighted by Crippen LogP contribution is 2.32. The molecule has 120 valence electrons. The topological polar surface area (TPSA) is 0 Å². The van der Waals surface area contributed by atoms with E-state index in [1.165, 1.54) is 60.1 Å². The van der Waals surface area contributed by atoms with E-state index in [2.05, 4.69) is 63.2 Å². The minimum Gasteiger partial charge on any atom is -0.0651 e. The number of hydrogen-bond acceptors (Lipinski definition) is 0. The maximum absolute atomic E-state index is 2.47. The molecule has 0 saturated carbocycles. The van der Waals surface area contributed by atoms with E-state index in [1.807, 2.05) is 0 Å². The normalized spacial score (nSPS) is 11.4. The van der Waals surface area contributed by atoms with Gasteiger partial charge in [-0.2, -0.15) is 0 Å². The van der Waals surface area contributed by atoms with Crippen molar-refractivity contribution in [3.63, 3.8) is 0 Å². The number of fused-ring (bicyclic) bond motifs is 2. The van der Waals surface area contributed by atoms with Gasteiger partial charge < -0.3 is 0 Å². The lowest BCUT2D eigenvalue weighted by Crippen LogP contribution is -2.02. The molecule has 0 aromatic heterocycles. The molecule has 0 bridgehead atoms. The van der Waals surface area contributed by atoms with Crippen molar-refractivity contribution in [3.8, 4) is 0 Å². The molecule has 23 heavy (non-hydrogen) atoms. The largest absolute Gasteiger partial charge is 0.0651 e. The first kappa shape index (κ1) is 16.1. The zero-order valence-corrected chi connectivity index (χ0v) is 14.8. The summed E-state index contributed by atoms with van der Waals surface area (Å²) in [4.78, 5) is 0. The molecule has 0 atom stereocenters. The highest BCUT2D eigenvalue weighted by atomic mass is 14.2. The van der Waals surface area contributed by atoms with Gasteiger partial charge in [-0.05, 0) is 69.6 Å². The van der Waals surface area contributed by atoms with Gasteiger partial charge in [-0.1, -0.05) is 70.4 Å². The predicted molar refractivity (Wildman–Crippen MR) is 103 cm³/mol. The molecule has 3 aromatic rings. The fourth-order valence-electron chi connectivity index (χ4n) is 3.86. The average molecular weight is 304 g/mol. The van der Waals surface area contributed by atoms with Crippen LogP contribution in [0.1, 0.15) is 56.7 Å². The van der Waals surface area contributed by atoms with E-state index >= 15 is 0 Å². The third-order valence-corrected chi connectivity index (χ3v) is 4.84. The van der Waals surface area contributed by atoms with Gasteiger partial charge in [0.2, 0.25) is 0 Å². The lowest BCUT2D eigenvalue weighted by molar-refractivity contribution is 0.832. The van der Waals surface area contributed by atoms with E-state index in [-0.39, 0.29) is 0 Å². The maximum atomic E-state index is 2.47. The monoisotopic (exact) mass is 304 g/mol. The molecule has 0 radical (unpaired) electrons. The van der Waals surface area contributed by atoms with Crippen LogP contribution >= 0.6 is 0 Å². The van der Waals surface area contributed by atoms with Crippen molar-refractivity contribution in [2.45, 2.75) is 59.3 Å². The molecule has 0 heteroatoms. The van der Waals surface area contributed by atoms with Crippen molar-refractivity contribution in [1.82, 2.24) is 0 Å². The van der Waals surface area contributed by atoms with E-state index in [0.29, 0.717) is 0 Å². The van der Waals surface area contributed by atoms with Crippen LogP contribution in [0.5, 0.6) is 0 Å². The van der Waals surface area contributed by atoms with Crippen LogP contribution in [0.2, 0.25) is 0 Å². The van der Waals surface area contributed by atoms with Crippen LogP contribution < -0.4 is 0 Å². The van der Waals surface area contributed by atoms with E-state index in [4.69, 9.17) is 0 Å². The molecule has 0 N–H and O–H groups in total. The Bertz CT molecular complexity index is 811. The Morgan fingerprint density at radius 1 is 0.609 bits per heavy atom. The van der Waals surface area contributed by atoms with Crippen LogP contribution in [-0.2, 0) is 19.3 Å². The van der Waals surface area contributed by atoms with Crippen molar-refractivity contribution in [2.75, 3.05) is 0 Å². The van der Waals surface area contributed by atoms with Gasteiger partial charge in [0.1, 0.15) is 0 Å². The zero-order valence-electron chi connectivity index (χ0n) is 14.8. The van der Waals surface area contributed by atoms with Gasteiger partial charge in [-0.3, -0.25) is 0 Å². The van der Waals surface area contributed by atoms with Crippen LogP contribution in [0, 0.1) is 0 Å². The molecule has 0 nitrogen and oxygen atoms in total. The summed E-state index contributed by atoms with van der Waals surface area (Å²) in [5.74, 6) is 0. The Kier molecular flexibility index (Phi) is 5.00. The van der Waals surface area contributed by atoms with Crippen LogP contribution in [-0.4, -0.2) is 0 Å². The summed E-state index contributed by atoms with van der Waals surface area (Å²) in [7, 11) is 0. The highest BCUT2D eigenvalue weighted by molar-refractivity contribution is 6.00. The first-order chi connectivity index (χ1) is 11.3. The lowest BCUT2D eigenvalue weighted by Gasteiger charge is -2.18. The molecule has 0 aliphatic rings. The Hall–Kier alpha value is -1.82. The Balaban J connectivity index is 2.34. The molecular weight excluding hydrogens is 276 g/mol. The minimum absolute atomic E-state index is 1.20. The van der Waals surface area contributed by atoms with E-state index < -0.39 is 0 Å². The number of rotatable bonds is 6. The first-order valence-electron chi connectivity index (χ1n) is 9.24. The average Bonchev–Trinajstić information content (AvgIpc) is 2.56. The highest BCUT2D eigenvalue weighted by Gasteiger charge is 2.13. The van der Waals surface area contributed by atoms with Gasteiger partial charge >= 0.3 is 0 Å². The number of aryl methyl sites for hydroxylation is 2. The van der Waals surface area contributed by atoms with Gasteiger partial charge in [0.05, 0.1) is 0 Å². The molecular formula is C23H28. The zero-order chi connectivity index (χ0) is 16.2. The van der Waals surface area contributed by atoms with Crippen molar-refractivity contribution in [1.29, 1.82) is 0 Å². The van der Waals surface area contributed by atoms with Crippen molar-refractivity contribution < 1.29 is 0 Å². The molecule has 0 amide bonds. The summed E-state index contributed by atoms with van der Waals surface area (Å²) in [6.45, 7) is 6.89. The molecule has 3 aromatic carbocycles. The Labute approximate surface area is 140 Å². The summed E-state index contributed by atoms with van der Waals surface area (Å²) in [6.07, 6.45) is 7.28. The van der Waals surface area contributed by atoms with Gasteiger partial charge in [0.15, 0.2) is 0 Å². The smallest absolute Gasteiger partial charge is 0.0143 e. The van der Waals surface area contributed by atoms with Crippen molar-refractivity contribution in [3.05, 3.63) is 59.2 Å². The second-order valence-corrected chi connectivity index (χ2v) is 6.66. The first-order valence-corrected chi connectivity index (χ1v) is 9.24. The Morgan fingerprint density at radius 2 is 1.22 bits per heavy atom. The van der Waals surface area contributed by atoms with Gasteiger partial charge in [-0.25, -0.2) is 0 Å². The second kappa shape index (κ2) is 7.17. The predicted octanol–water partition coefficient (Wildman–Crippen LogP) is 6.85. The number of benzene rings is 3. The number of hydrogen-bond donors (Lipinski definition) is 0. The molecule has 3 rings (SSSR count). The van der Waals surface area contributed by atoms with E-state index in [1.54, 1.807) is 16.7 Å². The molecule has 0 unspecified atom stereocenters.